The number of urea groups is 1. The Kier molecular flexibility index (Phi) is 7.20. The predicted octanol–water partition coefficient (Wildman–Crippen LogP) is 4.84. The average Bonchev–Trinajstić information content (AvgIpc) is 3.30. The maximum absolute atomic E-state index is 13.7. The van der Waals surface area contributed by atoms with Crippen LogP contribution < -0.4 is 10.6 Å². The summed E-state index contributed by atoms with van der Waals surface area (Å²) in [5.74, 6) is 2.26. The number of nitrogens with one attached hydrogen (secondary N) is 2. The van der Waals surface area contributed by atoms with Gasteiger partial charge in [-0.25, -0.2) is 9.18 Å². The normalized spacial score (nSPS) is 29.3. The van der Waals surface area contributed by atoms with Gasteiger partial charge in [-0.15, -0.1) is 10.2 Å². The van der Waals surface area contributed by atoms with Gasteiger partial charge < -0.3 is 5.32 Å². The van der Waals surface area contributed by atoms with Crippen molar-refractivity contribution in [2.75, 3.05) is 18.8 Å². The van der Waals surface area contributed by atoms with Crippen molar-refractivity contribution >= 4 is 23.7 Å². The maximum Gasteiger partial charge on any atom is 0.321 e. The fourth-order valence-corrected chi connectivity index (χ4v) is 8.53. The highest BCUT2D eigenvalue weighted by Crippen LogP contribution is 2.55. The van der Waals surface area contributed by atoms with Crippen LogP contribution in [0.15, 0.2) is 29.4 Å². The van der Waals surface area contributed by atoms with Crippen LogP contribution in [0, 0.1) is 23.6 Å². The van der Waals surface area contributed by atoms with Crippen LogP contribution >= 0.6 is 11.8 Å². The van der Waals surface area contributed by atoms with Crippen molar-refractivity contribution in [2.24, 2.45) is 17.8 Å². The number of aromatic nitrogens is 3. The van der Waals surface area contributed by atoms with Crippen LogP contribution in [-0.4, -0.2) is 56.0 Å². The summed E-state index contributed by atoms with van der Waals surface area (Å²) >= 11 is 1.24. The average molecular weight is 541 g/mol. The summed E-state index contributed by atoms with van der Waals surface area (Å²) in [7, 11) is 0. The van der Waals surface area contributed by atoms with E-state index in [1.165, 1.54) is 49.6 Å². The van der Waals surface area contributed by atoms with Gasteiger partial charge in [-0.3, -0.25) is 19.6 Å². The number of likely N-dealkylation sites (tertiary alicyclic amines) is 1. The molecule has 1 atom stereocenters. The molecule has 1 aliphatic heterocycles. The molecule has 2 heterocycles. The molecule has 4 bridgehead atoms. The molecule has 1 unspecified atom stereocenters. The van der Waals surface area contributed by atoms with E-state index in [-0.39, 0.29) is 29.1 Å². The second kappa shape index (κ2) is 10.6. The number of rotatable bonds is 7. The molecule has 5 fully saturated rings. The molecular weight excluding hydrogens is 503 g/mol. The van der Waals surface area contributed by atoms with E-state index >= 15 is 0 Å². The van der Waals surface area contributed by atoms with Gasteiger partial charge in [0, 0.05) is 11.2 Å². The summed E-state index contributed by atoms with van der Waals surface area (Å²) in [6.45, 7) is 4.12. The molecule has 3 amide bonds. The standard InChI is InChI=1S/C28H37FN6O2S/c1-18(34-9-3-2-4-10-34)25-32-33-27(35(25)23-7-5-22(29)6-8-23)38-17-24(36)30-26(37)31-28-14-19-11-20(15-28)13-21(12-19)16-28/h5-8,18-21H,2-4,9-17H2,1H3,(H2,30,31,36,37). The van der Waals surface area contributed by atoms with Gasteiger partial charge in [0.15, 0.2) is 11.0 Å². The van der Waals surface area contributed by atoms with Crippen molar-refractivity contribution in [1.29, 1.82) is 0 Å². The van der Waals surface area contributed by atoms with Crippen molar-refractivity contribution in [3.63, 3.8) is 0 Å². The van der Waals surface area contributed by atoms with Gasteiger partial charge >= 0.3 is 6.03 Å². The molecule has 204 valence electrons. The minimum absolute atomic E-state index is 0.0297. The Hall–Kier alpha value is -2.46. The van der Waals surface area contributed by atoms with Gasteiger partial charge in [-0.2, -0.15) is 0 Å². The lowest BCUT2D eigenvalue weighted by Gasteiger charge is -2.56. The van der Waals surface area contributed by atoms with Crippen molar-refractivity contribution in [2.45, 2.75) is 81.4 Å². The molecule has 38 heavy (non-hydrogen) atoms. The first-order chi connectivity index (χ1) is 18.4. The van der Waals surface area contributed by atoms with Crippen LogP contribution in [-0.2, 0) is 4.79 Å². The van der Waals surface area contributed by atoms with Gasteiger partial charge in [-0.1, -0.05) is 18.2 Å². The summed E-state index contributed by atoms with van der Waals surface area (Å²) < 4.78 is 15.6. The largest absolute Gasteiger partial charge is 0.332 e. The highest BCUT2D eigenvalue weighted by Gasteiger charge is 2.51. The first-order valence-corrected chi connectivity index (χ1v) is 15.1. The van der Waals surface area contributed by atoms with Crippen molar-refractivity contribution in [1.82, 2.24) is 30.3 Å². The number of hydrogen-bond acceptors (Lipinski definition) is 6. The number of piperidine rings is 1. The maximum atomic E-state index is 13.7. The number of imide groups is 1. The lowest BCUT2D eigenvalue weighted by molar-refractivity contribution is -0.117. The topological polar surface area (TPSA) is 92.1 Å². The lowest BCUT2D eigenvalue weighted by Crippen LogP contribution is -2.61. The molecule has 1 aromatic carbocycles. The first kappa shape index (κ1) is 25.8. The Balaban J connectivity index is 1.12. The van der Waals surface area contributed by atoms with E-state index in [4.69, 9.17) is 0 Å². The van der Waals surface area contributed by atoms with Gasteiger partial charge in [-0.05, 0) is 113 Å². The molecule has 0 radical (unpaired) electrons. The molecule has 5 aliphatic rings. The van der Waals surface area contributed by atoms with Crippen LogP contribution in [0.3, 0.4) is 0 Å². The summed E-state index contributed by atoms with van der Waals surface area (Å²) in [6, 6.07) is 5.88. The van der Waals surface area contributed by atoms with Crippen molar-refractivity contribution in [3.05, 3.63) is 35.9 Å². The number of halogens is 1. The second-order valence-corrected chi connectivity index (χ2v) is 12.9. The van der Waals surface area contributed by atoms with E-state index in [1.807, 2.05) is 4.57 Å². The lowest BCUT2D eigenvalue weighted by atomic mass is 9.53. The van der Waals surface area contributed by atoms with Gasteiger partial charge in [0.25, 0.3) is 0 Å². The summed E-state index contributed by atoms with van der Waals surface area (Å²) in [5.41, 5.74) is 0.604. The number of carbonyl (C=O) groups excluding carboxylic acids is 2. The number of carbonyl (C=O) groups is 2. The minimum atomic E-state index is -0.392. The van der Waals surface area contributed by atoms with Gasteiger partial charge in [0.05, 0.1) is 11.8 Å². The Morgan fingerprint density at radius 1 is 1.03 bits per heavy atom. The van der Waals surface area contributed by atoms with Crippen LogP contribution in [0.1, 0.15) is 76.6 Å². The zero-order valence-electron chi connectivity index (χ0n) is 22.0. The third-order valence-electron chi connectivity index (χ3n) is 9.06. The van der Waals surface area contributed by atoms with Gasteiger partial charge in [0.1, 0.15) is 5.82 Å². The highest BCUT2D eigenvalue weighted by molar-refractivity contribution is 7.99. The first-order valence-electron chi connectivity index (χ1n) is 14.1. The molecule has 2 N–H and O–H groups in total. The molecule has 1 aromatic heterocycles. The fourth-order valence-electron chi connectivity index (χ4n) is 7.78. The summed E-state index contributed by atoms with van der Waals surface area (Å²) in [5, 5.41) is 15.2. The Bertz CT molecular complexity index is 1140. The molecule has 4 aliphatic carbocycles. The molecule has 1 saturated heterocycles. The molecule has 0 spiro atoms. The van der Waals surface area contributed by atoms with E-state index in [0.717, 1.165) is 56.7 Å². The van der Waals surface area contributed by atoms with Crippen molar-refractivity contribution in [3.8, 4) is 5.69 Å². The quantitative estimate of drug-likeness (QED) is 0.489. The van der Waals surface area contributed by atoms with Crippen LogP contribution in [0.5, 0.6) is 0 Å². The number of nitrogens with zero attached hydrogens (tertiary/aromatic N) is 4. The third-order valence-corrected chi connectivity index (χ3v) is 9.99. The second-order valence-electron chi connectivity index (χ2n) is 11.9. The van der Waals surface area contributed by atoms with Crippen LogP contribution in [0.4, 0.5) is 9.18 Å². The zero-order chi connectivity index (χ0) is 26.3. The third kappa shape index (κ3) is 5.34. The Labute approximate surface area is 227 Å². The zero-order valence-corrected chi connectivity index (χ0v) is 22.8. The van der Waals surface area contributed by atoms with Crippen LogP contribution in [0.2, 0.25) is 0 Å². The summed E-state index contributed by atoms with van der Waals surface area (Å²) in [4.78, 5) is 28.0. The Morgan fingerprint density at radius 2 is 1.66 bits per heavy atom. The smallest absolute Gasteiger partial charge is 0.321 e. The summed E-state index contributed by atoms with van der Waals surface area (Å²) in [6.07, 6.45) is 10.5. The minimum Gasteiger partial charge on any atom is -0.332 e. The predicted molar refractivity (Wildman–Crippen MR) is 143 cm³/mol. The SMILES string of the molecule is CC(c1nnc(SCC(=O)NC(=O)NC23CC4CC(CC(C4)C2)C3)n1-c1ccc(F)cc1)N1CCCCC1. The molecule has 8 nitrogen and oxygen atoms in total. The number of benzene rings is 1. The molecule has 7 rings (SSSR count). The highest BCUT2D eigenvalue weighted by atomic mass is 32.2. The number of amides is 3. The monoisotopic (exact) mass is 540 g/mol. The van der Waals surface area contributed by atoms with E-state index in [2.05, 4.69) is 32.7 Å². The number of thioether (sulfide) groups is 1. The van der Waals surface area contributed by atoms with E-state index in [9.17, 15) is 14.0 Å². The fraction of sp³-hybridized carbons (Fsp3) is 0.643. The van der Waals surface area contributed by atoms with Crippen LogP contribution in [0.25, 0.3) is 5.69 Å². The molecule has 2 aromatic rings. The van der Waals surface area contributed by atoms with E-state index < -0.39 is 6.03 Å². The molecule has 4 saturated carbocycles. The van der Waals surface area contributed by atoms with E-state index in [1.54, 1.807) is 12.1 Å². The Morgan fingerprint density at radius 3 is 2.29 bits per heavy atom. The molecular formula is C28H37FN6O2S. The van der Waals surface area contributed by atoms with E-state index in [0.29, 0.717) is 22.9 Å². The molecule has 10 heteroatoms. The van der Waals surface area contributed by atoms with Gasteiger partial charge in [0.2, 0.25) is 5.91 Å². The van der Waals surface area contributed by atoms with Crippen molar-refractivity contribution < 1.29 is 14.0 Å². The number of hydrogen-bond donors (Lipinski definition) is 2.